The molecule has 0 aliphatic heterocycles. The van der Waals surface area contributed by atoms with Gasteiger partial charge in [0.25, 0.3) is 0 Å². The molecule has 0 aliphatic rings. The van der Waals surface area contributed by atoms with Crippen LogP contribution >= 0.6 is 35.3 Å². The summed E-state index contributed by atoms with van der Waals surface area (Å²) in [7, 11) is 0. The summed E-state index contributed by atoms with van der Waals surface area (Å²) >= 11 is 4.77. The van der Waals surface area contributed by atoms with Gasteiger partial charge in [-0.05, 0) is 141 Å². The molecular formula is C74H109N3O16S3. The largest absolute Gasteiger partial charge is 0.481 e. The van der Waals surface area contributed by atoms with Gasteiger partial charge >= 0.3 is 23.9 Å². The van der Waals surface area contributed by atoms with E-state index in [1.165, 1.54) is 6.92 Å². The van der Waals surface area contributed by atoms with Gasteiger partial charge in [0.15, 0.2) is 17.3 Å². The first-order chi connectivity index (χ1) is 45.4. The monoisotopic (exact) mass is 1390 g/mol. The van der Waals surface area contributed by atoms with E-state index in [0.29, 0.717) is 50.9 Å². The number of rotatable bonds is 47. The molecule has 3 amide bonds. The molecule has 0 saturated heterocycles. The molecule has 3 aromatic rings. The second-order valence-electron chi connectivity index (χ2n) is 26.3. The van der Waals surface area contributed by atoms with Crippen molar-refractivity contribution in [2.45, 2.75) is 177 Å². The standard InChI is InChI=1S/C27H41NO6S.C24H35NO5S.C23H33NO5S/c1-18(2)13-23(24(29)15-22(27(32)33)14-20-9-7-6-8-10-20)28-26(31)21(11-12-35-5)16-25(30)34-17-19(3)4;1-16(2)12-21(25-23(28)19(10-11-31-4)13-17(3)26)22(27)15-20(24(29)30)14-18-8-6-5-7-9-18;1-16(2)13-20(24-22(27)18(9-11-25)10-12-30-3)21(26)15-19(23(28)29)14-17-7-5-4-6-8-17/h6-10,18-19,21-23H,11-17H2,1-5H3,(H,28,31)(H,32,33);5-9,16,19-21H,10-15H2,1-4H3,(H,25,28)(H,29,30);4-8,11,16,18-20H,9-10,12-15H2,1-3H3,(H,24,27)(H,28,29). The fourth-order valence-electron chi connectivity index (χ4n) is 10.5. The van der Waals surface area contributed by atoms with E-state index in [1.54, 1.807) is 35.3 Å². The molecule has 96 heavy (non-hydrogen) atoms. The fraction of sp³-hybridized carbons (Fsp3) is 0.595. The average molecular weight is 1390 g/mol. The smallest absolute Gasteiger partial charge is 0.307 e. The van der Waals surface area contributed by atoms with Crippen molar-refractivity contribution in [3.05, 3.63) is 108 Å². The van der Waals surface area contributed by atoms with Crippen LogP contribution in [0, 0.1) is 59.2 Å². The van der Waals surface area contributed by atoms with Crippen LogP contribution in [0.2, 0.25) is 0 Å². The topological polar surface area (TPSA) is 311 Å². The Morgan fingerprint density at radius 1 is 0.417 bits per heavy atom. The predicted octanol–water partition coefficient (Wildman–Crippen LogP) is 11.5. The van der Waals surface area contributed by atoms with Crippen molar-refractivity contribution in [3.8, 4) is 0 Å². The van der Waals surface area contributed by atoms with Crippen molar-refractivity contribution < 1.29 is 77.6 Å². The van der Waals surface area contributed by atoms with Gasteiger partial charge in [-0.25, -0.2) is 0 Å². The number of ether oxygens (including phenoxy) is 1. The minimum absolute atomic E-state index is 0.0482. The summed E-state index contributed by atoms with van der Waals surface area (Å²) in [6.07, 6.45) is 9.86. The molecule has 0 aliphatic carbocycles. The van der Waals surface area contributed by atoms with Gasteiger partial charge in [-0.15, -0.1) is 0 Å². The highest BCUT2D eigenvalue weighted by Gasteiger charge is 2.34. The highest BCUT2D eigenvalue weighted by molar-refractivity contribution is 7.98. The van der Waals surface area contributed by atoms with Crippen molar-refractivity contribution in [2.24, 2.45) is 59.2 Å². The Morgan fingerprint density at radius 2 is 0.708 bits per heavy atom. The van der Waals surface area contributed by atoms with Gasteiger partial charge in [-0.1, -0.05) is 146 Å². The summed E-state index contributed by atoms with van der Waals surface area (Å²) in [5, 5.41) is 37.4. The summed E-state index contributed by atoms with van der Waals surface area (Å²) in [5.41, 5.74) is 2.55. The molecule has 6 N–H and O–H groups in total. The second-order valence-corrected chi connectivity index (χ2v) is 29.2. The zero-order chi connectivity index (χ0) is 72.3. The van der Waals surface area contributed by atoms with Crippen LogP contribution in [-0.4, -0.2) is 147 Å². The lowest BCUT2D eigenvalue weighted by molar-refractivity contribution is -0.148. The number of carboxylic acid groups (broad SMARTS) is 3. The van der Waals surface area contributed by atoms with Gasteiger partial charge in [0.05, 0.1) is 48.9 Å². The molecule has 22 heteroatoms. The quantitative estimate of drug-likeness (QED) is 0.0226. The Morgan fingerprint density at radius 3 is 0.969 bits per heavy atom. The molecule has 0 heterocycles. The summed E-state index contributed by atoms with van der Waals surface area (Å²) in [6, 6.07) is 25.3. The number of benzene rings is 3. The van der Waals surface area contributed by atoms with E-state index in [9.17, 15) is 72.9 Å². The van der Waals surface area contributed by atoms with Crippen molar-refractivity contribution in [1.82, 2.24) is 16.0 Å². The predicted molar refractivity (Wildman–Crippen MR) is 383 cm³/mol. The maximum absolute atomic E-state index is 13.2. The molecule has 0 radical (unpaired) electrons. The Balaban J connectivity index is 0.000000723. The number of Topliss-reactive ketones (excluding diaryl/α,β-unsaturated/α-hetero) is 4. The highest BCUT2D eigenvalue weighted by atomic mass is 32.2. The number of carboxylic acids is 3. The third kappa shape index (κ3) is 38.9. The maximum atomic E-state index is 13.2. The molecule has 0 spiro atoms. The number of aldehydes is 1. The maximum Gasteiger partial charge on any atom is 0.307 e. The van der Waals surface area contributed by atoms with E-state index in [1.807, 2.05) is 165 Å². The number of nitrogens with one attached hydrogen (secondary N) is 3. The Labute approximate surface area is 582 Å². The zero-order valence-corrected chi connectivity index (χ0v) is 61.0. The van der Waals surface area contributed by atoms with E-state index in [-0.39, 0.29) is 122 Å². The van der Waals surface area contributed by atoms with Crippen LogP contribution in [0.1, 0.15) is 156 Å². The molecule has 0 saturated carbocycles. The van der Waals surface area contributed by atoms with E-state index in [4.69, 9.17) is 4.74 Å². The Kier molecular flexibility index (Phi) is 45.3. The third-order valence-corrected chi connectivity index (χ3v) is 17.6. The van der Waals surface area contributed by atoms with Crippen LogP contribution in [0.15, 0.2) is 91.0 Å². The molecule has 9 atom stereocenters. The number of hydrogen-bond donors (Lipinski definition) is 6. The first-order valence-electron chi connectivity index (χ1n) is 33.3. The molecule has 19 nitrogen and oxygen atoms in total. The number of aliphatic carboxylic acids is 3. The number of esters is 1. The van der Waals surface area contributed by atoms with Crippen molar-refractivity contribution in [3.63, 3.8) is 0 Å². The molecule has 3 aromatic carbocycles. The molecule has 534 valence electrons. The summed E-state index contributed by atoms with van der Waals surface area (Å²) < 4.78 is 5.26. The number of carbonyl (C=O) groups is 12. The highest BCUT2D eigenvalue weighted by Crippen LogP contribution is 2.24. The second kappa shape index (κ2) is 49.8. The number of ketones is 4. The van der Waals surface area contributed by atoms with Gasteiger partial charge in [0, 0.05) is 49.9 Å². The molecule has 0 bridgehead atoms. The molecule has 9 unspecified atom stereocenters. The fourth-order valence-corrected chi connectivity index (χ4v) is 12.0. The van der Waals surface area contributed by atoms with Crippen LogP contribution in [0.3, 0.4) is 0 Å². The Hall–Kier alpha value is -6.65. The first kappa shape index (κ1) is 87.4. The molecular weight excluding hydrogens is 1280 g/mol. The van der Waals surface area contributed by atoms with E-state index >= 15 is 0 Å². The number of amides is 3. The summed E-state index contributed by atoms with van der Waals surface area (Å²) in [4.78, 5) is 148. The van der Waals surface area contributed by atoms with Crippen molar-refractivity contribution in [2.75, 3.05) is 42.6 Å². The minimum Gasteiger partial charge on any atom is -0.481 e. The number of carbonyl (C=O) groups excluding carboxylic acids is 9. The molecule has 0 fully saturated rings. The SMILES string of the molecule is CSCCC(CC(=O)OCC(C)C)C(=O)NC(CC(C)C)C(=O)CC(Cc1ccccc1)C(=O)O.CSCCC(CC(C)=O)C(=O)NC(CC(C)C)C(=O)CC(Cc1ccccc1)C(=O)O.CSCCC(CC=O)C(=O)NC(CC(C)C)C(=O)CC(Cc1ccccc1)C(=O)O. The van der Waals surface area contributed by atoms with Gasteiger partial charge in [0.1, 0.15) is 12.1 Å². The summed E-state index contributed by atoms with van der Waals surface area (Å²) in [5.74, 6) is -6.82. The van der Waals surface area contributed by atoms with E-state index in [2.05, 4.69) is 16.0 Å². The minimum atomic E-state index is -1.04. The van der Waals surface area contributed by atoms with Crippen molar-refractivity contribution in [1.29, 1.82) is 0 Å². The van der Waals surface area contributed by atoms with Crippen LogP contribution < -0.4 is 16.0 Å². The van der Waals surface area contributed by atoms with Crippen LogP contribution in [0.25, 0.3) is 0 Å². The van der Waals surface area contributed by atoms with E-state index < -0.39 is 77.5 Å². The van der Waals surface area contributed by atoms with Gasteiger partial charge in [0.2, 0.25) is 17.7 Å². The lowest BCUT2D eigenvalue weighted by atomic mass is 9.89. The number of hydrogen-bond acceptors (Lipinski definition) is 16. The molecule has 0 aromatic heterocycles. The van der Waals surface area contributed by atoms with Crippen LogP contribution in [0.5, 0.6) is 0 Å². The van der Waals surface area contributed by atoms with Gasteiger partial charge < -0.3 is 45.6 Å². The third-order valence-electron chi connectivity index (χ3n) is 15.6. The normalized spacial score (nSPS) is 13.9. The zero-order valence-electron chi connectivity index (χ0n) is 58.6. The summed E-state index contributed by atoms with van der Waals surface area (Å²) in [6.45, 7) is 17.3. The lowest BCUT2D eigenvalue weighted by Crippen LogP contribution is -2.46. The van der Waals surface area contributed by atoms with E-state index in [0.717, 1.165) is 34.5 Å². The number of thioether (sulfide) groups is 3. The van der Waals surface area contributed by atoms with Gasteiger partial charge in [-0.2, -0.15) is 35.3 Å². The lowest BCUT2D eigenvalue weighted by Gasteiger charge is -2.24. The first-order valence-corrected chi connectivity index (χ1v) is 37.5. The molecule has 3 rings (SSSR count). The van der Waals surface area contributed by atoms with Crippen molar-refractivity contribution >= 4 is 106 Å². The van der Waals surface area contributed by atoms with Gasteiger partial charge in [-0.3, -0.25) is 47.9 Å². The van der Waals surface area contributed by atoms with Crippen LogP contribution in [0.4, 0.5) is 0 Å². The average Bonchev–Trinajstić information content (AvgIpc) is 0.966. The Bertz CT molecular complexity index is 2840. The van der Waals surface area contributed by atoms with Crippen LogP contribution in [-0.2, 0) is 81.5 Å².